The van der Waals surface area contributed by atoms with Crippen LogP contribution >= 0.6 is 15.9 Å². The highest BCUT2D eigenvalue weighted by molar-refractivity contribution is 9.11. The van der Waals surface area contributed by atoms with Crippen molar-refractivity contribution in [1.29, 1.82) is 5.26 Å². The summed E-state index contributed by atoms with van der Waals surface area (Å²) in [5, 5.41) is 8.46. The summed E-state index contributed by atoms with van der Waals surface area (Å²) in [6, 6.07) is 8.62. The van der Waals surface area contributed by atoms with E-state index in [0.29, 0.717) is 5.56 Å². The average Bonchev–Trinajstić information content (AvgIpc) is 2.21. The van der Waals surface area contributed by atoms with Gasteiger partial charge in [-0.2, -0.15) is 9.65 Å². The molecule has 0 radical (unpaired) electrons. The maximum absolute atomic E-state index is 12.3. The van der Waals surface area contributed by atoms with Gasteiger partial charge in [-0.15, -0.1) is 0 Å². The normalized spacial score (nSPS) is 9.79. The molecule has 1 aromatic carbocycles. The van der Waals surface area contributed by atoms with Crippen LogP contribution in [-0.4, -0.2) is 0 Å². The zero-order chi connectivity index (χ0) is 11.0. The van der Waals surface area contributed by atoms with Gasteiger partial charge in [0.15, 0.2) is 4.74 Å². The van der Waals surface area contributed by atoms with Gasteiger partial charge in [0.05, 0.1) is 11.6 Å². The van der Waals surface area contributed by atoms with Crippen LogP contribution in [0.25, 0.3) is 6.08 Å². The van der Waals surface area contributed by atoms with Gasteiger partial charge in [-0.05, 0) is 39.7 Å². The number of nitrogens with zero attached hydrogens (tertiary/aromatic N) is 1. The van der Waals surface area contributed by atoms with Gasteiger partial charge in [-0.3, -0.25) is 0 Å². The van der Waals surface area contributed by atoms with Crippen molar-refractivity contribution in [3.8, 4) is 6.07 Å². The molecule has 0 unspecified atom stereocenters. The second-order valence-electron chi connectivity index (χ2n) is 2.17. The fraction of sp³-hybridized carbons (Fsp3) is 0.182. The molecule has 0 saturated carbocycles. The van der Waals surface area contributed by atoms with Gasteiger partial charge in [0.1, 0.15) is 0 Å². The molecule has 0 heterocycles. The molecule has 0 amide bonds. The molecule has 14 heavy (non-hydrogen) atoms. The molecule has 1 rings (SSSR count). The van der Waals surface area contributed by atoms with Crippen LogP contribution in [-0.2, 0) is 0 Å². The highest BCUT2D eigenvalue weighted by atomic mass is 79.9. The van der Waals surface area contributed by atoms with Crippen LogP contribution < -0.4 is 0 Å². The minimum absolute atomic E-state index is 0.424. The smallest absolute Gasteiger partial charge is 0.166 e. The molecule has 0 bridgehead atoms. The first-order valence-electron chi connectivity index (χ1n) is 4.25. The lowest BCUT2D eigenvalue weighted by atomic mass is 10.1. The molecule has 0 fully saturated rings. The highest BCUT2D eigenvalue weighted by Crippen LogP contribution is 2.13. The number of nitriles is 1. The maximum Gasteiger partial charge on any atom is 0.166 e. The molecule has 0 N–H and O–H groups in total. The van der Waals surface area contributed by atoms with Crippen LogP contribution in [0.1, 0.15) is 25.0 Å². The second kappa shape index (κ2) is 7.28. The first-order valence-corrected chi connectivity index (χ1v) is 5.04. The molecule has 0 aliphatic rings. The van der Waals surface area contributed by atoms with Crippen molar-refractivity contribution in [3.05, 3.63) is 40.1 Å². The lowest BCUT2D eigenvalue weighted by Crippen LogP contribution is -1.74. The van der Waals surface area contributed by atoms with Gasteiger partial charge in [-0.1, -0.05) is 26.0 Å². The van der Waals surface area contributed by atoms with Crippen LogP contribution in [0.4, 0.5) is 4.39 Å². The van der Waals surface area contributed by atoms with E-state index in [1.807, 2.05) is 19.9 Å². The fourth-order valence-corrected chi connectivity index (χ4v) is 1.04. The monoisotopic (exact) mass is 255 g/mol. The average molecular weight is 256 g/mol. The zero-order valence-corrected chi connectivity index (χ0v) is 9.68. The summed E-state index contributed by atoms with van der Waals surface area (Å²) in [5.41, 5.74) is 1.30. The largest absolute Gasteiger partial charge is 0.199 e. The zero-order valence-electron chi connectivity index (χ0n) is 8.09. The Morgan fingerprint density at radius 1 is 1.36 bits per heavy atom. The summed E-state index contributed by atoms with van der Waals surface area (Å²) in [6.45, 7) is 4.00. The molecular formula is C11H11BrFN. The van der Waals surface area contributed by atoms with Crippen molar-refractivity contribution in [2.75, 3.05) is 0 Å². The third kappa shape index (κ3) is 4.78. The molecule has 3 heteroatoms. The van der Waals surface area contributed by atoms with Crippen LogP contribution in [0.3, 0.4) is 0 Å². The molecule has 0 spiro atoms. The molecular weight excluding hydrogens is 245 g/mol. The number of rotatable bonds is 1. The lowest BCUT2D eigenvalue weighted by molar-refractivity contribution is 0.712. The predicted octanol–water partition coefficient (Wildman–Crippen LogP) is 4.25. The summed E-state index contributed by atoms with van der Waals surface area (Å²) in [6.07, 6.45) is 1.33. The molecule has 1 aromatic rings. The number of benzene rings is 1. The van der Waals surface area contributed by atoms with E-state index in [0.717, 1.165) is 5.56 Å². The minimum atomic E-state index is -0.424. The van der Waals surface area contributed by atoms with Gasteiger partial charge in [-0.25, -0.2) is 0 Å². The van der Waals surface area contributed by atoms with Gasteiger partial charge in [0.25, 0.3) is 0 Å². The summed E-state index contributed by atoms with van der Waals surface area (Å²) in [5.74, 6) is 0. The van der Waals surface area contributed by atoms with E-state index in [-0.39, 0.29) is 0 Å². The van der Waals surface area contributed by atoms with E-state index in [4.69, 9.17) is 5.26 Å². The Kier molecular flexibility index (Phi) is 6.69. The summed E-state index contributed by atoms with van der Waals surface area (Å²) >= 11 is 2.68. The number of hydrogen-bond acceptors (Lipinski definition) is 1. The fourth-order valence-electron chi connectivity index (χ4n) is 0.780. The van der Waals surface area contributed by atoms with E-state index in [9.17, 15) is 4.39 Å². The van der Waals surface area contributed by atoms with E-state index < -0.39 is 4.74 Å². The molecule has 0 aliphatic heterocycles. The van der Waals surface area contributed by atoms with Crippen molar-refractivity contribution >= 4 is 22.0 Å². The quantitative estimate of drug-likeness (QED) is 0.736. The standard InChI is InChI=1S/C9H5BrFN.C2H6/c10-9(11)5-7-1-3-8(6-12)4-2-7;1-2/h1-5H;1-2H3/b9-5-;. The summed E-state index contributed by atoms with van der Waals surface area (Å²) in [4.78, 5) is 0. The Morgan fingerprint density at radius 3 is 2.21 bits per heavy atom. The minimum Gasteiger partial charge on any atom is -0.199 e. The number of halogens is 2. The van der Waals surface area contributed by atoms with E-state index in [1.54, 1.807) is 24.3 Å². The van der Waals surface area contributed by atoms with Crippen LogP contribution in [0.5, 0.6) is 0 Å². The van der Waals surface area contributed by atoms with Crippen LogP contribution in [0.15, 0.2) is 29.0 Å². The topological polar surface area (TPSA) is 23.8 Å². The first-order chi connectivity index (χ1) is 6.72. The van der Waals surface area contributed by atoms with E-state index in [2.05, 4.69) is 15.9 Å². The van der Waals surface area contributed by atoms with E-state index >= 15 is 0 Å². The van der Waals surface area contributed by atoms with Gasteiger partial charge >= 0.3 is 0 Å². The van der Waals surface area contributed by atoms with Crippen molar-refractivity contribution in [2.24, 2.45) is 0 Å². The predicted molar refractivity (Wildman–Crippen MR) is 60.5 cm³/mol. The molecule has 0 aliphatic carbocycles. The van der Waals surface area contributed by atoms with Gasteiger partial charge in [0.2, 0.25) is 0 Å². The van der Waals surface area contributed by atoms with Crippen LogP contribution in [0.2, 0.25) is 0 Å². The van der Waals surface area contributed by atoms with Crippen LogP contribution in [0, 0.1) is 11.3 Å². The Hall–Kier alpha value is -1.14. The Morgan fingerprint density at radius 2 is 1.86 bits per heavy atom. The second-order valence-corrected chi connectivity index (χ2v) is 2.93. The summed E-state index contributed by atoms with van der Waals surface area (Å²) in [7, 11) is 0. The third-order valence-electron chi connectivity index (χ3n) is 1.32. The Labute approximate surface area is 92.0 Å². The molecule has 0 aromatic heterocycles. The third-order valence-corrected chi connectivity index (χ3v) is 1.54. The molecule has 0 atom stereocenters. The molecule has 74 valence electrons. The highest BCUT2D eigenvalue weighted by Gasteiger charge is 1.91. The lowest BCUT2D eigenvalue weighted by Gasteiger charge is -1.91. The Balaban J connectivity index is 0.000000791. The maximum atomic E-state index is 12.3. The SMILES string of the molecule is CC.N#Cc1ccc(/C=C(\F)Br)cc1. The van der Waals surface area contributed by atoms with Crippen molar-refractivity contribution in [1.82, 2.24) is 0 Å². The van der Waals surface area contributed by atoms with Crippen molar-refractivity contribution in [3.63, 3.8) is 0 Å². The van der Waals surface area contributed by atoms with E-state index in [1.165, 1.54) is 6.08 Å². The Bertz CT molecular complexity index is 331. The first kappa shape index (κ1) is 12.9. The van der Waals surface area contributed by atoms with Crippen molar-refractivity contribution < 1.29 is 4.39 Å². The number of hydrogen-bond donors (Lipinski definition) is 0. The summed E-state index contributed by atoms with van der Waals surface area (Å²) < 4.78 is 11.9. The van der Waals surface area contributed by atoms with Gasteiger partial charge < -0.3 is 0 Å². The molecule has 0 saturated heterocycles. The van der Waals surface area contributed by atoms with Crippen molar-refractivity contribution in [2.45, 2.75) is 13.8 Å². The van der Waals surface area contributed by atoms with Gasteiger partial charge in [0, 0.05) is 0 Å². The molecule has 1 nitrogen and oxygen atoms in total.